The summed E-state index contributed by atoms with van der Waals surface area (Å²) in [5, 5.41) is 29.9. The second-order valence-electron chi connectivity index (χ2n) is 7.47. The number of carboxylic acids is 2. The van der Waals surface area contributed by atoms with Crippen LogP contribution in [0.4, 0.5) is 0 Å². The number of hydrogen-bond donors (Lipinski definition) is 2. The average molecular weight is 345 g/mol. The highest BCUT2D eigenvalue weighted by Crippen LogP contribution is 2.19. The zero-order chi connectivity index (χ0) is 18.8. The van der Waals surface area contributed by atoms with Gasteiger partial charge in [0.05, 0.1) is 21.1 Å². The second kappa shape index (κ2) is 10.4. The Hall–Kier alpha value is -1.47. The van der Waals surface area contributed by atoms with Crippen LogP contribution in [-0.4, -0.2) is 65.7 Å². The van der Waals surface area contributed by atoms with E-state index in [9.17, 15) is 24.6 Å². The first-order chi connectivity index (χ1) is 11.0. The summed E-state index contributed by atoms with van der Waals surface area (Å²) in [6.07, 6.45) is 4.31. The highest BCUT2D eigenvalue weighted by Gasteiger charge is 2.40. The molecule has 0 spiro atoms. The van der Waals surface area contributed by atoms with Gasteiger partial charge in [0, 0.05) is 25.2 Å². The maximum absolute atomic E-state index is 12.3. The lowest BCUT2D eigenvalue weighted by Crippen LogP contribution is -2.56. The molecule has 2 N–H and O–H groups in total. The van der Waals surface area contributed by atoms with Crippen LogP contribution >= 0.6 is 0 Å². The average Bonchev–Trinajstić information content (AvgIpc) is 2.37. The minimum atomic E-state index is -1.89. The van der Waals surface area contributed by atoms with Gasteiger partial charge in [-0.05, 0) is 12.8 Å². The molecule has 7 heteroatoms. The highest BCUT2D eigenvalue weighted by molar-refractivity contribution is 5.90. The van der Waals surface area contributed by atoms with E-state index in [1.54, 1.807) is 21.1 Å². The van der Waals surface area contributed by atoms with Crippen molar-refractivity contribution in [3.63, 3.8) is 0 Å². The quantitative estimate of drug-likeness (QED) is 0.346. The molecule has 1 atom stereocenters. The number of likely N-dealkylation sites (N-methyl/N-ethyl adjacent to an activating group) is 1. The molecule has 140 valence electrons. The van der Waals surface area contributed by atoms with Gasteiger partial charge >= 0.3 is 5.97 Å². The van der Waals surface area contributed by atoms with Crippen LogP contribution in [-0.2, 0) is 14.4 Å². The first kappa shape index (κ1) is 22.5. The topological polar surface area (TPSA) is 115 Å². The van der Waals surface area contributed by atoms with Crippen molar-refractivity contribution >= 4 is 17.7 Å². The third-order valence-electron chi connectivity index (χ3n) is 3.74. The van der Waals surface area contributed by atoms with Crippen molar-refractivity contribution in [2.75, 3.05) is 27.7 Å². The molecule has 0 aromatic heterocycles. The van der Waals surface area contributed by atoms with Crippen molar-refractivity contribution in [3.8, 4) is 0 Å². The number of aliphatic hydroxyl groups is 1. The molecule has 0 fully saturated rings. The Kier molecular flexibility index (Phi) is 9.77. The molecule has 0 aliphatic carbocycles. The van der Waals surface area contributed by atoms with Gasteiger partial charge in [-0.25, -0.2) is 0 Å². The van der Waals surface area contributed by atoms with Crippen molar-refractivity contribution in [3.05, 3.63) is 0 Å². The number of hydrogen-bond acceptors (Lipinski definition) is 5. The second-order valence-corrected chi connectivity index (χ2v) is 7.47. The first-order valence-electron chi connectivity index (χ1n) is 8.44. The Bertz CT molecular complexity index is 429. The van der Waals surface area contributed by atoms with Crippen molar-refractivity contribution in [1.82, 2.24) is 0 Å². The van der Waals surface area contributed by atoms with Gasteiger partial charge in [0.1, 0.15) is 6.54 Å². The van der Waals surface area contributed by atoms with Crippen LogP contribution in [0.3, 0.4) is 0 Å². The molecule has 0 saturated carbocycles. The number of unbranched alkanes of at least 4 members (excludes halogenated alkanes) is 5. The van der Waals surface area contributed by atoms with Crippen molar-refractivity contribution in [2.24, 2.45) is 0 Å². The molecule has 0 heterocycles. The minimum absolute atomic E-state index is 0.0228. The number of Topliss-reactive ketones (excluding diaryl/α,β-unsaturated/α-hetero) is 1. The Balaban J connectivity index is 4.19. The van der Waals surface area contributed by atoms with Gasteiger partial charge in [-0.15, -0.1) is 0 Å². The number of rotatable bonds is 14. The van der Waals surface area contributed by atoms with Gasteiger partial charge in [-0.3, -0.25) is 9.59 Å². The van der Waals surface area contributed by atoms with Crippen molar-refractivity contribution in [2.45, 2.75) is 63.4 Å². The van der Waals surface area contributed by atoms with Gasteiger partial charge in [0.2, 0.25) is 0 Å². The number of aliphatic carboxylic acids is 2. The van der Waals surface area contributed by atoms with Crippen LogP contribution in [0.2, 0.25) is 0 Å². The highest BCUT2D eigenvalue weighted by atomic mass is 16.4. The molecule has 0 bridgehead atoms. The standard InChI is InChI=1S/C17H31NO6/c1-18(2,3)13-17(24,12-16(22)23)14(19)10-8-6-4-5-7-9-11-15(20)21/h24H,4-13H2,1-3H3,(H-,20,21,22,23). The molecule has 0 radical (unpaired) electrons. The predicted molar refractivity (Wildman–Crippen MR) is 87.1 cm³/mol. The summed E-state index contributed by atoms with van der Waals surface area (Å²) in [5.41, 5.74) is -1.89. The number of carbonyl (C=O) groups is 3. The van der Waals surface area contributed by atoms with Gasteiger partial charge in [-0.2, -0.15) is 0 Å². The molecule has 0 aromatic rings. The van der Waals surface area contributed by atoms with Crippen LogP contribution < -0.4 is 5.11 Å². The van der Waals surface area contributed by atoms with E-state index >= 15 is 0 Å². The zero-order valence-electron chi connectivity index (χ0n) is 15.0. The summed E-state index contributed by atoms with van der Waals surface area (Å²) in [4.78, 5) is 33.5. The third-order valence-corrected chi connectivity index (χ3v) is 3.74. The van der Waals surface area contributed by atoms with Gasteiger partial charge in [-0.1, -0.05) is 25.7 Å². The summed E-state index contributed by atoms with van der Waals surface area (Å²) in [6.45, 7) is 0.0228. The van der Waals surface area contributed by atoms with E-state index in [4.69, 9.17) is 5.11 Å². The van der Waals surface area contributed by atoms with Crippen LogP contribution in [0.25, 0.3) is 0 Å². The monoisotopic (exact) mass is 345 g/mol. The van der Waals surface area contributed by atoms with Crippen molar-refractivity contribution < 1.29 is 34.2 Å². The number of carboxylic acid groups (broad SMARTS) is 2. The van der Waals surface area contributed by atoms with E-state index in [1.807, 2.05) is 0 Å². The molecule has 1 unspecified atom stereocenters. The maximum Gasteiger partial charge on any atom is 0.303 e. The van der Waals surface area contributed by atoms with E-state index in [2.05, 4.69) is 0 Å². The molecule has 0 aliphatic heterocycles. The number of quaternary nitrogens is 1. The summed E-state index contributed by atoms with van der Waals surface area (Å²) in [7, 11) is 5.35. The Morgan fingerprint density at radius 3 is 1.79 bits per heavy atom. The summed E-state index contributed by atoms with van der Waals surface area (Å²) in [5.74, 6) is -2.67. The molecular weight excluding hydrogens is 314 g/mol. The van der Waals surface area contributed by atoms with Crippen LogP contribution in [0.15, 0.2) is 0 Å². The summed E-state index contributed by atoms with van der Waals surface area (Å²) >= 11 is 0. The Morgan fingerprint density at radius 2 is 1.38 bits per heavy atom. The van der Waals surface area contributed by atoms with E-state index in [0.29, 0.717) is 12.8 Å². The Morgan fingerprint density at radius 1 is 0.917 bits per heavy atom. The summed E-state index contributed by atoms with van der Waals surface area (Å²) < 4.78 is 0.277. The molecule has 0 amide bonds. The molecular formula is C17H31NO6. The number of nitrogens with zero attached hydrogens (tertiary/aromatic N) is 1. The van der Waals surface area contributed by atoms with Crippen LogP contribution in [0.1, 0.15) is 57.8 Å². The Labute approximate surface area is 143 Å². The molecule has 0 saturated heterocycles. The molecule has 7 nitrogen and oxygen atoms in total. The normalized spacial score (nSPS) is 14.2. The maximum atomic E-state index is 12.3. The lowest BCUT2D eigenvalue weighted by molar-refractivity contribution is -0.875. The largest absolute Gasteiger partial charge is 0.550 e. The number of ketones is 1. The molecule has 0 aromatic carbocycles. The van der Waals surface area contributed by atoms with E-state index in [-0.39, 0.29) is 23.9 Å². The van der Waals surface area contributed by atoms with E-state index in [1.165, 1.54) is 0 Å². The van der Waals surface area contributed by atoms with Crippen molar-refractivity contribution in [1.29, 1.82) is 0 Å². The first-order valence-corrected chi connectivity index (χ1v) is 8.44. The molecule has 0 aliphatic rings. The van der Waals surface area contributed by atoms with E-state index < -0.39 is 29.7 Å². The van der Waals surface area contributed by atoms with Crippen LogP contribution in [0, 0.1) is 0 Å². The fourth-order valence-electron chi connectivity index (χ4n) is 2.77. The predicted octanol–water partition coefficient (Wildman–Crippen LogP) is 0.338. The third kappa shape index (κ3) is 11.1. The van der Waals surface area contributed by atoms with Gasteiger partial charge in [0.15, 0.2) is 11.4 Å². The SMILES string of the molecule is C[N+](C)(C)CC(O)(CC(=O)[O-])C(=O)CCCCCCCCC(=O)O. The minimum Gasteiger partial charge on any atom is -0.550 e. The lowest BCUT2D eigenvalue weighted by atomic mass is 9.89. The van der Waals surface area contributed by atoms with Gasteiger partial charge < -0.3 is 24.6 Å². The summed E-state index contributed by atoms with van der Waals surface area (Å²) in [6, 6.07) is 0. The number of carbonyl (C=O) groups excluding carboxylic acids is 2. The smallest absolute Gasteiger partial charge is 0.303 e. The zero-order valence-corrected chi connectivity index (χ0v) is 15.0. The van der Waals surface area contributed by atoms with Crippen LogP contribution in [0.5, 0.6) is 0 Å². The van der Waals surface area contributed by atoms with E-state index in [0.717, 1.165) is 25.7 Å². The fourth-order valence-corrected chi connectivity index (χ4v) is 2.77. The molecule has 0 rings (SSSR count). The lowest BCUT2D eigenvalue weighted by Gasteiger charge is -2.34. The van der Waals surface area contributed by atoms with Gasteiger partial charge in [0.25, 0.3) is 0 Å². The molecule has 24 heavy (non-hydrogen) atoms. The fraction of sp³-hybridized carbons (Fsp3) is 0.824.